The first-order valence-corrected chi connectivity index (χ1v) is 10.3. The van der Waals surface area contributed by atoms with Crippen LogP contribution in [0.2, 0.25) is 0 Å². The molecule has 2 N–H and O–H groups in total. The number of hydrogen-bond acceptors (Lipinski definition) is 4. The van der Waals surface area contributed by atoms with Crippen LogP contribution in [0, 0.1) is 5.92 Å². The number of likely N-dealkylation sites (tertiary alicyclic amines) is 1. The second kappa shape index (κ2) is 13.6. The van der Waals surface area contributed by atoms with Crippen molar-refractivity contribution in [1.29, 1.82) is 0 Å². The summed E-state index contributed by atoms with van der Waals surface area (Å²) in [6, 6.07) is -0.421. The predicted molar refractivity (Wildman–Crippen MR) is 114 cm³/mol. The van der Waals surface area contributed by atoms with Crippen LogP contribution in [0.3, 0.4) is 0 Å². The molecule has 1 saturated carbocycles. The standard InChI is InChI=1S/C17H27N3O4.C3H8.H2S/c1-3-5-11-8-9-20(14(22)4-2)15(11)17(24)18-10-13(21)16(23)19-12-6-7-12;1-3-2;/h11-12,15H,3-10H2,1-2H3,(H,18,24)(H,19,23);3H2,1-2H3;1H2/t11-,15-;;/m0../s1. The van der Waals surface area contributed by atoms with Gasteiger partial charge in [0.25, 0.3) is 5.91 Å². The van der Waals surface area contributed by atoms with Gasteiger partial charge in [-0.1, -0.05) is 40.5 Å². The molecule has 1 aliphatic carbocycles. The van der Waals surface area contributed by atoms with E-state index in [1.807, 2.05) is 6.92 Å². The zero-order valence-electron chi connectivity index (χ0n) is 17.7. The summed E-state index contributed by atoms with van der Waals surface area (Å²) in [7, 11) is 0. The SMILES string of the molecule is CCC.CCC[C@H]1CCN(C(=O)CC)[C@@H]1C(=O)NCC(=O)C(=O)NC1CC1.S. The quantitative estimate of drug-likeness (QED) is 0.592. The molecule has 1 aliphatic heterocycles. The van der Waals surface area contributed by atoms with Crippen molar-refractivity contribution >= 4 is 37.0 Å². The fourth-order valence-electron chi connectivity index (χ4n) is 3.21. The summed E-state index contributed by atoms with van der Waals surface area (Å²) in [5, 5.41) is 5.16. The third-order valence-corrected chi connectivity index (χ3v) is 4.66. The molecule has 0 spiro atoms. The van der Waals surface area contributed by atoms with Gasteiger partial charge in [-0.3, -0.25) is 19.2 Å². The maximum Gasteiger partial charge on any atom is 0.289 e. The number of amides is 3. The highest BCUT2D eigenvalue weighted by atomic mass is 32.1. The molecule has 0 radical (unpaired) electrons. The van der Waals surface area contributed by atoms with Gasteiger partial charge < -0.3 is 15.5 Å². The van der Waals surface area contributed by atoms with E-state index in [0.29, 0.717) is 13.0 Å². The molecular formula is C20H37N3O4S. The van der Waals surface area contributed by atoms with Crippen molar-refractivity contribution in [2.24, 2.45) is 5.92 Å². The average Bonchev–Trinajstić information content (AvgIpc) is 3.36. The third kappa shape index (κ3) is 8.20. The molecule has 1 saturated heterocycles. The maximum absolute atomic E-state index is 12.5. The van der Waals surface area contributed by atoms with Gasteiger partial charge in [-0.25, -0.2) is 0 Å². The zero-order valence-corrected chi connectivity index (χ0v) is 18.7. The van der Waals surface area contributed by atoms with Gasteiger partial charge in [0.05, 0.1) is 6.54 Å². The van der Waals surface area contributed by atoms with Crippen LogP contribution in [0.15, 0.2) is 0 Å². The number of ketones is 1. The molecule has 2 rings (SSSR count). The lowest BCUT2D eigenvalue weighted by molar-refractivity contribution is -0.141. The first kappa shape index (κ1) is 26.4. The monoisotopic (exact) mass is 415 g/mol. The second-order valence-electron chi connectivity index (χ2n) is 7.32. The Morgan fingerprint density at radius 1 is 1.00 bits per heavy atom. The van der Waals surface area contributed by atoms with Crippen LogP contribution in [-0.2, 0) is 19.2 Å². The van der Waals surface area contributed by atoms with Gasteiger partial charge in [0.2, 0.25) is 17.6 Å². The largest absolute Gasteiger partial charge is 0.347 e. The number of Topliss-reactive ketones (excluding diaryl/α,β-unsaturated/α-hetero) is 1. The van der Waals surface area contributed by atoms with Crippen LogP contribution in [-0.4, -0.2) is 53.6 Å². The highest BCUT2D eigenvalue weighted by molar-refractivity contribution is 7.59. The van der Waals surface area contributed by atoms with Crippen molar-refractivity contribution in [2.75, 3.05) is 13.1 Å². The van der Waals surface area contributed by atoms with Crippen molar-refractivity contribution in [3.05, 3.63) is 0 Å². The van der Waals surface area contributed by atoms with E-state index in [2.05, 4.69) is 24.5 Å². The molecule has 3 amide bonds. The predicted octanol–water partition coefficient (Wildman–Crippen LogP) is 1.91. The summed E-state index contributed by atoms with van der Waals surface area (Å²) < 4.78 is 0. The fourth-order valence-corrected chi connectivity index (χ4v) is 3.21. The van der Waals surface area contributed by atoms with Gasteiger partial charge in [0.1, 0.15) is 6.04 Å². The van der Waals surface area contributed by atoms with Crippen LogP contribution >= 0.6 is 13.5 Å². The minimum absolute atomic E-state index is 0. The maximum atomic E-state index is 12.5. The van der Waals surface area contributed by atoms with Crippen molar-refractivity contribution in [3.63, 3.8) is 0 Å². The smallest absolute Gasteiger partial charge is 0.289 e. The van der Waals surface area contributed by atoms with E-state index in [1.54, 1.807) is 11.8 Å². The van der Waals surface area contributed by atoms with Crippen molar-refractivity contribution in [1.82, 2.24) is 15.5 Å². The van der Waals surface area contributed by atoms with E-state index in [4.69, 9.17) is 0 Å². The molecule has 8 heteroatoms. The van der Waals surface area contributed by atoms with Gasteiger partial charge in [-0.05, 0) is 31.6 Å². The first-order chi connectivity index (χ1) is 12.9. The molecule has 0 aromatic heterocycles. The minimum atomic E-state index is -0.645. The van der Waals surface area contributed by atoms with E-state index in [1.165, 1.54) is 6.42 Å². The number of hydrogen-bond donors (Lipinski definition) is 2. The van der Waals surface area contributed by atoms with Gasteiger partial charge in [0.15, 0.2) is 0 Å². The Kier molecular flexibility index (Phi) is 12.8. The molecule has 7 nitrogen and oxygen atoms in total. The summed E-state index contributed by atoms with van der Waals surface area (Å²) in [5.41, 5.74) is 0. The number of carbonyl (C=O) groups excluding carboxylic acids is 4. The third-order valence-electron chi connectivity index (χ3n) is 4.66. The van der Waals surface area contributed by atoms with Crippen molar-refractivity contribution in [2.45, 2.75) is 84.7 Å². The Bertz CT molecular complexity index is 538. The first-order valence-electron chi connectivity index (χ1n) is 10.3. The van der Waals surface area contributed by atoms with Crippen LogP contribution in [0.5, 0.6) is 0 Å². The Morgan fingerprint density at radius 3 is 2.11 bits per heavy atom. The van der Waals surface area contributed by atoms with Gasteiger partial charge in [-0.15, -0.1) is 0 Å². The summed E-state index contributed by atoms with van der Waals surface area (Å²) >= 11 is 0. The lowest BCUT2D eigenvalue weighted by Crippen LogP contribution is -2.50. The lowest BCUT2D eigenvalue weighted by Gasteiger charge is -2.27. The molecule has 0 aromatic carbocycles. The van der Waals surface area contributed by atoms with E-state index in [0.717, 1.165) is 32.1 Å². The normalized spacial score (nSPS) is 20.4. The molecule has 2 fully saturated rings. The fraction of sp³-hybridized carbons (Fsp3) is 0.800. The second-order valence-corrected chi connectivity index (χ2v) is 7.32. The van der Waals surface area contributed by atoms with E-state index < -0.39 is 17.7 Å². The van der Waals surface area contributed by atoms with E-state index in [-0.39, 0.29) is 43.8 Å². The Balaban J connectivity index is 0.00000171. The summed E-state index contributed by atoms with van der Waals surface area (Å²) in [6.45, 7) is 8.33. The van der Waals surface area contributed by atoms with Gasteiger partial charge >= 0.3 is 0 Å². The van der Waals surface area contributed by atoms with Crippen LogP contribution in [0.1, 0.15) is 72.6 Å². The average molecular weight is 416 g/mol. The topological polar surface area (TPSA) is 95.6 Å². The van der Waals surface area contributed by atoms with E-state index in [9.17, 15) is 19.2 Å². The number of nitrogens with zero attached hydrogens (tertiary/aromatic N) is 1. The van der Waals surface area contributed by atoms with Crippen molar-refractivity contribution in [3.8, 4) is 0 Å². The molecular weight excluding hydrogens is 378 g/mol. The van der Waals surface area contributed by atoms with Gasteiger partial charge in [-0.2, -0.15) is 13.5 Å². The lowest BCUT2D eigenvalue weighted by atomic mass is 9.94. The molecule has 1 heterocycles. The molecule has 0 aromatic rings. The number of carbonyl (C=O) groups is 4. The van der Waals surface area contributed by atoms with Crippen molar-refractivity contribution < 1.29 is 19.2 Å². The van der Waals surface area contributed by atoms with Crippen LogP contribution in [0.4, 0.5) is 0 Å². The highest BCUT2D eigenvalue weighted by Gasteiger charge is 2.40. The molecule has 0 bridgehead atoms. The van der Waals surface area contributed by atoms with Crippen LogP contribution in [0.25, 0.3) is 0 Å². The molecule has 162 valence electrons. The Labute approximate surface area is 175 Å². The van der Waals surface area contributed by atoms with E-state index >= 15 is 0 Å². The molecule has 0 unspecified atom stereocenters. The minimum Gasteiger partial charge on any atom is -0.347 e. The summed E-state index contributed by atoms with van der Waals surface area (Å²) in [4.78, 5) is 49.7. The molecule has 28 heavy (non-hydrogen) atoms. The summed E-state index contributed by atoms with van der Waals surface area (Å²) in [6.07, 6.45) is 6.01. The number of rotatable bonds is 8. The summed E-state index contributed by atoms with van der Waals surface area (Å²) in [5.74, 6) is -1.56. The number of nitrogens with one attached hydrogen (secondary N) is 2. The van der Waals surface area contributed by atoms with Crippen LogP contribution < -0.4 is 10.6 Å². The Morgan fingerprint density at radius 2 is 1.61 bits per heavy atom. The zero-order chi connectivity index (χ0) is 20.4. The highest BCUT2D eigenvalue weighted by Crippen LogP contribution is 2.29. The molecule has 2 atom stereocenters. The Hall–Kier alpha value is -1.57. The van der Waals surface area contributed by atoms with Gasteiger partial charge in [0, 0.05) is 19.0 Å². The molecule has 2 aliphatic rings.